The lowest BCUT2D eigenvalue weighted by atomic mass is 10.1. The summed E-state index contributed by atoms with van der Waals surface area (Å²) in [7, 11) is -3.79. The number of phenols is 1. The Morgan fingerprint density at radius 1 is 0.970 bits per heavy atom. The second-order valence-electron chi connectivity index (χ2n) is 7.35. The number of hydrogen-bond donors (Lipinski definition) is 2. The number of rotatable bonds is 6. The van der Waals surface area contributed by atoms with Gasteiger partial charge in [0.25, 0.3) is 0 Å². The number of anilines is 1. The van der Waals surface area contributed by atoms with Crippen LogP contribution >= 0.6 is 23.1 Å². The summed E-state index contributed by atoms with van der Waals surface area (Å²) < 4.78 is 43.4. The van der Waals surface area contributed by atoms with E-state index in [2.05, 4.69) is 9.71 Å². The summed E-state index contributed by atoms with van der Waals surface area (Å²) in [5.41, 5.74) is 1.69. The fourth-order valence-electron chi connectivity index (χ4n) is 3.49. The molecular weight excluding hydrogens is 479 g/mol. The van der Waals surface area contributed by atoms with Crippen molar-refractivity contribution >= 4 is 59.8 Å². The van der Waals surface area contributed by atoms with Gasteiger partial charge in [-0.2, -0.15) is 0 Å². The summed E-state index contributed by atoms with van der Waals surface area (Å²) in [6.45, 7) is 0. The Hall–Kier alpha value is -3.14. The minimum absolute atomic E-state index is 0.0661. The predicted octanol–water partition coefficient (Wildman–Crippen LogP) is 6.39. The molecule has 0 saturated carbocycles. The zero-order valence-corrected chi connectivity index (χ0v) is 19.5. The first-order valence-electron chi connectivity index (χ1n) is 9.91. The number of aromatic hydroxyl groups is 1. The van der Waals surface area contributed by atoms with Crippen LogP contribution < -0.4 is 4.72 Å². The zero-order valence-electron chi connectivity index (χ0n) is 17.0. The molecule has 1 aromatic heterocycles. The fourth-order valence-corrected chi connectivity index (χ4v) is 6.81. The van der Waals surface area contributed by atoms with Crippen molar-refractivity contribution < 1.29 is 17.9 Å². The molecule has 0 spiro atoms. The molecule has 4 aromatic carbocycles. The molecule has 0 aliphatic carbocycles. The van der Waals surface area contributed by atoms with Crippen LogP contribution in [0.5, 0.6) is 5.75 Å². The molecule has 1 heterocycles. The number of fused-ring (bicyclic) bond motifs is 2. The largest absolute Gasteiger partial charge is 0.506 e. The number of aromatic nitrogens is 1. The van der Waals surface area contributed by atoms with Gasteiger partial charge in [-0.15, -0.1) is 11.3 Å². The number of nitrogens with one attached hydrogen (secondary N) is 1. The van der Waals surface area contributed by atoms with E-state index >= 15 is 0 Å². The van der Waals surface area contributed by atoms with E-state index < -0.39 is 15.8 Å². The molecule has 166 valence electrons. The van der Waals surface area contributed by atoms with Crippen molar-refractivity contribution in [3.8, 4) is 5.75 Å². The fraction of sp³-hybridized carbons (Fsp3) is 0.0417. The van der Waals surface area contributed by atoms with Gasteiger partial charge in [0.1, 0.15) is 11.6 Å². The first-order chi connectivity index (χ1) is 15.9. The van der Waals surface area contributed by atoms with Gasteiger partial charge < -0.3 is 5.11 Å². The van der Waals surface area contributed by atoms with E-state index in [1.807, 2.05) is 24.3 Å². The molecule has 5 aromatic rings. The van der Waals surface area contributed by atoms with Gasteiger partial charge >= 0.3 is 0 Å². The molecule has 0 unspecified atom stereocenters. The average molecular weight is 497 g/mol. The normalized spacial score (nSPS) is 11.8. The number of para-hydroxylation sites is 1. The maximum atomic E-state index is 13.2. The van der Waals surface area contributed by atoms with E-state index in [0.29, 0.717) is 26.9 Å². The summed E-state index contributed by atoms with van der Waals surface area (Å²) in [6, 6.07) is 21.8. The summed E-state index contributed by atoms with van der Waals surface area (Å²) in [6.07, 6.45) is 0. The van der Waals surface area contributed by atoms with Crippen molar-refractivity contribution in [2.45, 2.75) is 15.0 Å². The van der Waals surface area contributed by atoms with Crippen LogP contribution in [0, 0.1) is 5.82 Å². The van der Waals surface area contributed by atoms with Gasteiger partial charge in [0.05, 0.1) is 26.6 Å². The summed E-state index contributed by atoms with van der Waals surface area (Å²) in [5, 5.41) is 12.0. The Bertz CT molecular complexity index is 1550. The van der Waals surface area contributed by atoms with Gasteiger partial charge in [-0.25, -0.2) is 17.8 Å². The summed E-state index contributed by atoms with van der Waals surface area (Å²) in [4.78, 5) is 5.09. The monoisotopic (exact) mass is 496 g/mol. The van der Waals surface area contributed by atoms with Gasteiger partial charge in [-0.05, 0) is 35.9 Å². The van der Waals surface area contributed by atoms with Crippen molar-refractivity contribution in [1.82, 2.24) is 4.98 Å². The second kappa shape index (κ2) is 8.66. The van der Waals surface area contributed by atoms with E-state index in [1.165, 1.54) is 47.4 Å². The molecule has 0 aliphatic rings. The third-order valence-electron chi connectivity index (χ3n) is 4.99. The molecule has 0 saturated heterocycles. The van der Waals surface area contributed by atoms with Crippen LogP contribution in [-0.2, 0) is 15.8 Å². The zero-order chi connectivity index (χ0) is 23.0. The molecular formula is C24H17FN2O3S3. The SMILES string of the molecule is O=S(=O)(Cc1ccc(F)cc1)Nc1cc(Sc2nc3ccccc3s2)c(O)c2ccccc12. The number of halogens is 1. The highest BCUT2D eigenvalue weighted by Crippen LogP contribution is 2.44. The van der Waals surface area contributed by atoms with E-state index in [4.69, 9.17) is 0 Å². The minimum atomic E-state index is -3.79. The number of benzene rings is 4. The maximum Gasteiger partial charge on any atom is 0.236 e. The van der Waals surface area contributed by atoms with E-state index in [9.17, 15) is 17.9 Å². The van der Waals surface area contributed by atoms with Crippen molar-refractivity contribution in [2.75, 3.05) is 4.72 Å². The van der Waals surface area contributed by atoms with Crippen LogP contribution in [0.1, 0.15) is 5.56 Å². The highest BCUT2D eigenvalue weighted by molar-refractivity contribution is 8.01. The molecule has 9 heteroatoms. The van der Waals surface area contributed by atoms with Crippen LogP contribution in [-0.4, -0.2) is 18.5 Å². The Morgan fingerprint density at radius 3 is 2.42 bits per heavy atom. The Kier molecular flexibility index (Phi) is 5.69. The molecule has 0 atom stereocenters. The molecule has 0 bridgehead atoms. The Balaban J connectivity index is 1.52. The van der Waals surface area contributed by atoms with Gasteiger partial charge in [-0.3, -0.25) is 4.72 Å². The lowest BCUT2D eigenvalue weighted by molar-refractivity contribution is 0.469. The highest BCUT2D eigenvalue weighted by atomic mass is 32.2. The third-order valence-corrected chi connectivity index (χ3v) is 8.36. The predicted molar refractivity (Wildman–Crippen MR) is 132 cm³/mol. The first-order valence-corrected chi connectivity index (χ1v) is 13.2. The number of phenolic OH excluding ortho intramolecular Hbond substituents is 1. The number of sulfonamides is 1. The molecule has 0 amide bonds. The van der Waals surface area contributed by atoms with Crippen LogP contribution in [0.4, 0.5) is 10.1 Å². The van der Waals surface area contributed by atoms with Gasteiger partial charge in [-0.1, -0.05) is 60.3 Å². The molecule has 2 N–H and O–H groups in total. The maximum absolute atomic E-state index is 13.2. The van der Waals surface area contributed by atoms with Gasteiger partial charge in [0, 0.05) is 10.8 Å². The average Bonchev–Trinajstić information content (AvgIpc) is 3.21. The lowest BCUT2D eigenvalue weighted by Gasteiger charge is -2.14. The molecule has 5 rings (SSSR count). The van der Waals surface area contributed by atoms with Crippen LogP contribution in [0.3, 0.4) is 0 Å². The molecule has 0 fully saturated rings. The van der Waals surface area contributed by atoms with E-state index in [0.717, 1.165) is 14.6 Å². The van der Waals surface area contributed by atoms with Gasteiger partial charge in [0.15, 0.2) is 4.34 Å². The summed E-state index contributed by atoms with van der Waals surface area (Å²) >= 11 is 2.78. The van der Waals surface area contributed by atoms with Crippen LogP contribution in [0.2, 0.25) is 0 Å². The van der Waals surface area contributed by atoms with E-state index in [-0.39, 0.29) is 11.5 Å². The lowest BCUT2D eigenvalue weighted by Crippen LogP contribution is -2.15. The smallest absolute Gasteiger partial charge is 0.236 e. The Morgan fingerprint density at radius 2 is 1.67 bits per heavy atom. The first kappa shape index (κ1) is 21.7. The minimum Gasteiger partial charge on any atom is -0.506 e. The van der Waals surface area contributed by atoms with Crippen molar-refractivity contribution in [2.24, 2.45) is 0 Å². The quantitative estimate of drug-likeness (QED) is 0.266. The molecule has 33 heavy (non-hydrogen) atoms. The van der Waals surface area contributed by atoms with Crippen LogP contribution in [0.15, 0.2) is 88.1 Å². The second-order valence-corrected chi connectivity index (χ2v) is 11.4. The third kappa shape index (κ3) is 4.66. The Labute approximate surface area is 198 Å². The number of thiazole rings is 1. The van der Waals surface area contributed by atoms with Gasteiger partial charge in [0.2, 0.25) is 10.0 Å². The standard InChI is InChI=1S/C24H17FN2O3S3/c25-16-11-9-15(10-12-16)14-33(29,30)27-20-13-22(23(28)18-6-2-1-5-17(18)20)32-24-26-19-7-3-4-8-21(19)31-24/h1-13,27-28H,14H2. The topological polar surface area (TPSA) is 79.3 Å². The number of nitrogens with zero attached hydrogens (tertiary/aromatic N) is 1. The van der Waals surface area contributed by atoms with Crippen molar-refractivity contribution in [1.29, 1.82) is 0 Å². The summed E-state index contributed by atoms with van der Waals surface area (Å²) in [5.74, 6) is -0.662. The molecule has 0 aliphatic heterocycles. The van der Waals surface area contributed by atoms with Crippen LogP contribution in [0.25, 0.3) is 21.0 Å². The van der Waals surface area contributed by atoms with Crippen molar-refractivity contribution in [3.05, 3.63) is 90.2 Å². The number of hydrogen-bond acceptors (Lipinski definition) is 6. The van der Waals surface area contributed by atoms with E-state index in [1.54, 1.807) is 30.3 Å². The highest BCUT2D eigenvalue weighted by Gasteiger charge is 2.18. The van der Waals surface area contributed by atoms with Crippen molar-refractivity contribution in [3.63, 3.8) is 0 Å². The molecule has 5 nitrogen and oxygen atoms in total. The molecule has 0 radical (unpaired) electrons.